The summed E-state index contributed by atoms with van der Waals surface area (Å²) in [6, 6.07) is 5.04. The Kier molecular flexibility index (Phi) is 7.56. The molecule has 2 fully saturated rings. The number of amides is 1. The van der Waals surface area contributed by atoms with Gasteiger partial charge in [0.05, 0.1) is 6.61 Å². The molecule has 2 aliphatic heterocycles. The van der Waals surface area contributed by atoms with Gasteiger partial charge in [0.1, 0.15) is 0 Å². The van der Waals surface area contributed by atoms with Crippen molar-refractivity contribution >= 4 is 23.4 Å². The first kappa shape index (κ1) is 20.9. The number of nitrogens with zero attached hydrogens (tertiary/aromatic N) is 3. The van der Waals surface area contributed by atoms with E-state index in [1.807, 2.05) is 18.3 Å². The Labute approximate surface area is 171 Å². The largest absolute Gasteiger partial charge is 0.450 e. The number of ether oxygens (including phenoxy) is 1. The number of aliphatic imine (C=N–C) groups is 1. The number of guanidine groups is 1. The molecule has 2 aliphatic rings. The van der Waals surface area contributed by atoms with Crippen LogP contribution in [-0.4, -0.2) is 67.7 Å². The molecule has 8 heteroatoms. The van der Waals surface area contributed by atoms with Crippen molar-refractivity contribution in [3.05, 3.63) is 22.4 Å². The summed E-state index contributed by atoms with van der Waals surface area (Å²) < 4.78 is 5.07. The molecule has 0 radical (unpaired) electrons. The van der Waals surface area contributed by atoms with Crippen LogP contribution in [-0.2, 0) is 4.74 Å². The van der Waals surface area contributed by atoms with Crippen molar-refractivity contribution in [1.82, 2.24) is 15.1 Å². The molecule has 0 aliphatic carbocycles. The van der Waals surface area contributed by atoms with Crippen molar-refractivity contribution in [1.29, 1.82) is 0 Å². The number of likely N-dealkylation sites (tertiary alicyclic amines) is 2. The van der Waals surface area contributed by atoms with Crippen LogP contribution < -0.4 is 11.1 Å². The number of thiophene rings is 1. The third-order valence-electron chi connectivity index (χ3n) is 5.71. The Morgan fingerprint density at radius 3 is 2.82 bits per heavy atom. The first-order valence-electron chi connectivity index (χ1n) is 10.3. The summed E-state index contributed by atoms with van der Waals surface area (Å²) in [4.78, 5) is 22.1. The predicted octanol–water partition coefficient (Wildman–Crippen LogP) is 2.66. The maximum absolute atomic E-state index is 11.8. The normalized spacial score (nSPS) is 24.9. The summed E-state index contributed by atoms with van der Waals surface area (Å²) in [5.74, 6) is 1.01. The molecule has 3 heterocycles. The lowest BCUT2D eigenvalue weighted by Crippen LogP contribution is -2.48. The molecular weight excluding hydrogens is 374 g/mol. The molecular formula is C20H33N5O2S. The van der Waals surface area contributed by atoms with Crippen molar-refractivity contribution in [2.24, 2.45) is 16.6 Å². The van der Waals surface area contributed by atoms with Crippen molar-refractivity contribution in [2.75, 3.05) is 39.8 Å². The van der Waals surface area contributed by atoms with E-state index in [0.717, 1.165) is 25.9 Å². The lowest BCUT2D eigenvalue weighted by atomic mass is 9.88. The van der Waals surface area contributed by atoms with Gasteiger partial charge < -0.3 is 20.7 Å². The molecule has 1 amide bonds. The van der Waals surface area contributed by atoms with Gasteiger partial charge in [-0.05, 0) is 63.6 Å². The number of hydrogen-bond acceptors (Lipinski definition) is 5. The van der Waals surface area contributed by atoms with Crippen molar-refractivity contribution < 1.29 is 9.53 Å². The molecule has 0 aromatic carbocycles. The topological polar surface area (TPSA) is 83.2 Å². The van der Waals surface area contributed by atoms with Gasteiger partial charge in [-0.15, -0.1) is 11.3 Å². The first-order valence-corrected chi connectivity index (χ1v) is 11.2. The van der Waals surface area contributed by atoms with Gasteiger partial charge in [-0.1, -0.05) is 6.07 Å². The van der Waals surface area contributed by atoms with Crippen LogP contribution in [0.1, 0.15) is 43.5 Å². The predicted molar refractivity (Wildman–Crippen MR) is 114 cm³/mol. The zero-order valence-corrected chi connectivity index (χ0v) is 17.8. The number of carbonyl (C=O) groups is 1. The number of piperidine rings is 2. The third kappa shape index (κ3) is 5.38. The van der Waals surface area contributed by atoms with Crippen LogP contribution in [0.2, 0.25) is 0 Å². The second kappa shape index (κ2) is 10.1. The monoisotopic (exact) mass is 407 g/mol. The van der Waals surface area contributed by atoms with E-state index in [4.69, 9.17) is 10.5 Å². The Balaban J connectivity index is 1.49. The number of nitrogens with two attached hydrogens (primary N) is 1. The first-order chi connectivity index (χ1) is 13.6. The van der Waals surface area contributed by atoms with Crippen LogP contribution in [0.4, 0.5) is 4.79 Å². The number of carbonyl (C=O) groups excluding carboxylic acids is 1. The van der Waals surface area contributed by atoms with Crippen LogP contribution in [0.3, 0.4) is 0 Å². The Bertz CT molecular complexity index is 643. The zero-order chi connectivity index (χ0) is 19.9. The summed E-state index contributed by atoms with van der Waals surface area (Å²) in [6.07, 6.45) is 3.89. The Morgan fingerprint density at radius 2 is 2.14 bits per heavy atom. The Hall–Kier alpha value is -1.80. The molecule has 2 saturated heterocycles. The highest BCUT2D eigenvalue weighted by Gasteiger charge is 2.31. The average molecular weight is 408 g/mol. The van der Waals surface area contributed by atoms with Gasteiger partial charge in [0.2, 0.25) is 0 Å². The lowest BCUT2D eigenvalue weighted by molar-refractivity contribution is 0.0963. The van der Waals surface area contributed by atoms with E-state index in [0.29, 0.717) is 37.6 Å². The molecule has 0 saturated carbocycles. The lowest BCUT2D eigenvalue weighted by Gasteiger charge is -2.38. The molecule has 3 rings (SSSR count). The second-order valence-electron chi connectivity index (χ2n) is 7.67. The van der Waals surface area contributed by atoms with Gasteiger partial charge >= 0.3 is 6.09 Å². The molecule has 156 valence electrons. The molecule has 0 spiro atoms. The molecule has 7 nitrogen and oxygen atoms in total. The summed E-state index contributed by atoms with van der Waals surface area (Å²) >= 11 is 1.83. The van der Waals surface area contributed by atoms with E-state index in [9.17, 15) is 4.79 Å². The van der Waals surface area contributed by atoms with Crippen molar-refractivity contribution in [3.8, 4) is 0 Å². The van der Waals surface area contributed by atoms with Crippen LogP contribution in [0.25, 0.3) is 0 Å². The van der Waals surface area contributed by atoms with Crippen LogP contribution in [0.15, 0.2) is 22.5 Å². The van der Waals surface area contributed by atoms with E-state index in [1.54, 1.807) is 4.90 Å². The maximum atomic E-state index is 11.8. The standard InChI is InChI=1S/C20H33N5O2S/c1-3-27-20(26)25-11-8-16(9-12-25)23-19(21)22-14-15-6-4-10-24(2)18(15)17-7-5-13-28-17/h5,7,13,15-16,18H,3-4,6,8-12,14H2,1-2H3,(H3,21,22,23). The van der Waals surface area contributed by atoms with E-state index < -0.39 is 0 Å². The molecule has 1 aromatic rings. The van der Waals surface area contributed by atoms with E-state index >= 15 is 0 Å². The SMILES string of the molecule is CCOC(=O)N1CCC(NC(N)=NCC2CCCN(C)C2c2cccs2)CC1. The fourth-order valence-electron chi connectivity index (χ4n) is 4.25. The number of nitrogens with one attached hydrogen (secondary N) is 1. The molecule has 1 aromatic heterocycles. The fraction of sp³-hybridized carbons (Fsp3) is 0.700. The number of hydrogen-bond donors (Lipinski definition) is 2. The maximum Gasteiger partial charge on any atom is 0.409 e. The van der Waals surface area contributed by atoms with Gasteiger partial charge in [0.15, 0.2) is 5.96 Å². The average Bonchev–Trinajstić information content (AvgIpc) is 3.21. The Morgan fingerprint density at radius 1 is 1.36 bits per heavy atom. The molecule has 0 bridgehead atoms. The van der Waals surface area contributed by atoms with Crippen molar-refractivity contribution in [2.45, 2.75) is 44.7 Å². The minimum atomic E-state index is -0.219. The quantitative estimate of drug-likeness (QED) is 0.579. The van der Waals surface area contributed by atoms with Gasteiger partial charge in [0, 0.05) is 36.6 Å². The summed E-state index contributed by atoms with van der Waals surface area (Å²) in [5.41, 5.74) is 6.19. The molecule has 2 unspecified atom stereocenters. The van der Waals surface area contributed by atoms with Crippen LogP contribution in [0, 0.1) is 5.92 Å². The second-order valence-corrected chi connectivity index (χ2v) is 8.65. The number of rotatable bonds is 5. The smallest absolute Gasteiger partial charge is 0.409 e. The highest BCUT2D eigenvalue weighted by atomic mass is 32.1. The van der Waals surface area contributed by atoms with Crippen LogP contribution in [0.5, 0.6) is 0 Å². The van der Waals surface area contributed by atoms with Gasteiger partial charge in [-0.3, -0.25) is 9.89 Å². The third-order valence-corrected chi connectivity index (χ3v) is 6.65. The van der Waals surface area contributed by atoms with Crippen LogP contribution >= 0.6 is 11.3 Å². The molecule has 3 N–H and O–H groups in total. The summed E-state index contributed by atoms with van der Waals surface area (Å²) in [6.45, 7) is 5.51. The van der Waals surface area contributed by atoms with Gasteiger partial charge in [0.25, 0.3) is 0 Å². The van der Waals surface area contributed by atoms with E-state index in [-0.39, 0.29) is 12.1 Å². The van der Waals surface area contributed by atoms with Gasteiger partial charge in [-0.25, -0.2) is 4.79 Å². The highest BCUT2D eigenvalue weighted by molar-refractivity contribution is 7.10. The van der Waals surface area contributed by atoms with E-state index in [2.05, 4.69) is 39.8 Å². The molecule has 28 heavy (non-hydrogen) atoms. The highest BCUT2D eigenvalue weighted by Crippen LogP contribution is 2.37. The molecule has 2 atom stereocenters. The summed E-state index contributed by atoms with van der Waals surface area (Å²) in [5, 5.41) is 5.50. The van der Waals surface area contributed by atoms with Gasteiger partial charge in [-0.2, -0.15) is 0 Å². The fourth-order valence-corrected chi connectivity index (χ4v) is 5.23. The summed E-state index contributed by atoms with van der Waals surface area (Å²) in [7, 11) is 2.21. The minimum absolute atomic E-state index is 0.219. The van der Waals surface area contributed by atoms with Crippen molar-refractivity contribution in [3.63, 3.8) is 0 Å². The van der Waals surface area contributed by atoms with E-state index in [1.165, 1.54) is 17.7 Å². The zero-order valence-electron chi connectivity index (χ0n) is 17.0. The minimum Gasteiger partial charge on any atom is -0.450 e.